The first kappa shape index (κ1) is 3.40. The maximum atomic E-state index is 7.21. The second kappa shape index (κ2) is 2.67. The van der Waals surface area contributed by atoms with Gasteiger partial charge in [0.15, 0.2) is 0 Å². The van der Waals surface area contributed by atoms with Crippen molar-refractivity contribution in [3.05, 3.63) is 35.9 Å². The van der Waals surface area contributed by atoms with E-state index in [1.165, 1.54) is 0 Å². The molecule has 0 saturated heterocycles. The van der Waals surface area contributed by atoms with E-state index < -0.39 is 6.85 Å². The SMILES string of the molecule is [2H]C([2H])([2H])[C@@H](C)c1ccccc1. The van der Waals surface area contributed by atoms with Crippen LogP contribution in [0.15, 0.2) is 30.3 Å². The Labute approximate surface area is 60.7 Å². The third kappa shape index (κ3) is 1.56. The molecule has 0 aromatic heterocycles. The Kier molecular flexibility index (Phi) is 1.01. The average Bonchev–Trinajstić information content (AvgIpc) is 2.03. The van der Waals surface area contributed by atoms with Crippen molar-refractivity contribution in [3.63, 3.8) is 0 Å². The highest BCUT2D eigenvalue weighted by molar-refractivity contribution is 5.17. The van der Waals surface area contributed by atoms with E-state index >= 15 is 0 Å². The van der Waals surface area contributed by atoms with Crippen molar-refractivity contribution in [3.8, 4) is 0 Å². The molecule has 0 heteroatoms. The standard InChI is InChI=1S/C9H12/c1-8(2)9-6-4-3-5-7-9/h3-8H,1-2H3/i1D3/t8-/m0/s1. The zero-order valence-corrected chi connectivity index (χ0v) is 5.46. The Morgan fingerprint density at radius 2 is 2.00 bits per heavy atom. The second-order valence-electron chi connectivity index (χ2n) is 2.13. The summed E-state index contributed by atoms with van der Waals surface area (Å²) in [6, 6.07) is 9.29. The Hall–Kier alpha value is -0.780. The molecule has 0 spiro atoms. The van der Waals surface area contributed by atoms with E-state index in [0.717, 1.165) is 5.56 Å². The lowest BCUT2D eigenvalue weighted by molar-refractivity contribution is 0.867. The van der Waals surface area contributed by atoms with Gasteiger partial charge >= 0.3 is 0 Å². The van der Waals surface area contributed by atoms with Crippen molar-refractivity contribution in [1.82, 2.24) is 0 Å². The van der Waals surface area contributed by atoms with Gasteiger partial charge in [-0.2, -0.15) is 0 Å². The Balaban J connectivity index is 2.86. The van der Waals surface area contributed by atoms with Crippen molar-refractivity contribution >= 4 is 0 Å². The molecule has 0 aliphatic heterocycles. The predicted octanol–water partition coefficient (Wildman–Crippen LogP) is 2.81. The van der Waals surface area contributed by atoms with E-state index in [4.69, 9.17) is 4.11 Å². The maximum Gasteiger partial charge on any atom is 0.0236 e. The summed E-state index contributed by atoms with van der Waals surface area (Å²) in [5.74, 6) is -0.376. The summed E-state index contributed by atoms with van der Waals surface area (Å²) in [6.45, 7) is -0.163. The van der Waals surface area contributed by atoms with Crippen LogP contribution in [0.5, 0.6) is 0 Å². The molecule has 0 unspecified atom stereocenters. The molecule has 0 bridgehead atoms. The molecular weight excluding hydrogens is 108 g/mol. The Morgan fingerprint density at radius 3 is 2.56 bits per heavy atom. The number of benzene rings is 1. The van der Waals surface area contributed by atoms with E-state index in [2.05, 4.69) is 0 Å². The van der Waals surface area contributed by atoms with Gasteiger partial charge in [-0.25, -0.2) is 0 Å². The molecule has 0 N–H and O–H groups in total. The zero-order chi connectivity index (χ0) is 9.19. The Morgan fingerprint density at radius 1 is 1.33 bits per heavy atom. The fourth-order valence-corrected chi connectivity index (χ4v) is 0.742. The fourth-order valence-electron chi connectivity index (χ4n) is 0.742. The largest absolute Gasteiger partial charge is 0.0622 e. The van der Waals surface area contributed by atoms with Crippen molar-refractivity contribution in [2.45, 2.75) is 19.7 Å². The van der Waals surface area contributed by atoms with Crippen LogP contribution in [0.1, 0.15) is 29.4 Å². The normalized spacial score (nSPS) is 19.4. The van der Waals surface area contributed by atoms with Gasteiger partial charge in [-0.1, -0.05) is 44.1 Å². The molecule has 0 aliphatic rings. The van der Waals surface area contributed by atoms with E-state index in [1.54, 1.807) is 6.92 Å². The lowest BCUT2D eigenvalue weighted by Gasteiger charge is -2.01. The lowest BCUT2D eigenvalue weighted by Crippen LogP contribution is -1.83. The summed E-state index contributed by atoms with van der Waals surface area (Å²) in [6.07, 6.45) is 0. The van der Waals surface area contributed by atoms with Gasteiger partial charge in [-0.3, -0.25) is 0 Å². The van der Waals surface area contributed by atoms with Crippen molar-refractivity contribution < 1.29 is 4.11 Å². The van der Waals surface area contributed by atoms with Crippen LogP contribution in [0.4, 0.5) is 0 Å². The number of hydrogen-bond donors (Lipinski definition) is 0. The minimum Gasteiger partial charge on any atom is -0.0622 e. The van der Waals surface area contributed by atoms with Gasteiger partial charge in [0, 0.05) is 4.11 Å². The molecule has 0 saturated carbocycles. The highest BCUT2D eigenvalue weighted by Crippen LogP contribution is 2.11. The van der Waals surface area contributed by atoms with Crippen LogP contribution >= 0.6 is 0 Å². The summed E-state index contributed by atoms with van der Waals surface area (Å²) >= 11 is 0. The molecule has 1 aromatic rings. The summed E-state index contributed by atoms with van der Waals surface area (Å²) in [5, 5.41) is 0. The van der Waals surface area contributed by atoms with Crippen molar-refractivity contribution in [1.29, 1.82) is 0 Å². The van der Waals surface area contributed by atoms with Gasteiger partial charge in [0.05, 0.1) is 0 Å². The number of rotatable bonds is 1. The fraction of sp³-hybridized carbons (Fsp3) is 0.333. The topological polar surface area (TPSA) is 0 Å². The van der Waals surface area contributed by atoms with E-state index in [1.807, 2.05) is 30.3 Å². The van der Waals surface area contributed by atoms with Gasteiger partial charge in [-0.05, 0) is 11.5 Å². The lowest BCUT2D eigenvalue weighted by atomic mass is 10.0. The quantitative estimate of drug-likeness (QED) is 0.538. The van der Waals surface area contributed by atoms with Gasteiger partial charge in [0.2, 0.25) is 0 Å². The molecule has 0 aliphatic carbocycles. The van der Waals surface area contributed by atoms with Crippen LogP contribution in [-0.4, -0.2) is 0 Å². The molecule has 48 valence electrons. The van der Waals surface area contributed by atoms with Crippen LogP contribution in [-0.2, 0) is 0 Å². The van der Waals surface area contributed by atoms with Crippen molar-refractivity contribution in [2.24, 2.45) is 0 Å². The maximum absolute atomic E-state index is 7.21. The zero-order valence-electron chi connectivity index (χ0n) is 8.46. The van der Waals surface area contributed by atoms with Gasteiger partial charge in [-0.15, -0.1) is 0 Å². The van der Waals surface area contributed by atoms with Gasteiger partial charge in [0.25, 0.3) is 0 Å². The number of hydrogen-bond acceptors (Lipinski definition) is 0. The molecule has 0 radical (unpaired) electrons. The van der Waals surface area contributed by atoms with E-state index in [0.29, 0.717) is 0 Å². The van der Waals surface area contributed by atoms with E-state index in [-0.39, 0.29) is 5.92 Å². The smallest absolute Gasteiger partial charge is 0.0236 e. The highest BCUT2D eigenvalue weighted by atomic mass is 14.0. The first-order valence-electron chi connectivity index (χ1n) is 4.57. The average molecular weight is 123 g/mol. The van der Waals surface area contributed by atoms with Crippen LogP contribution in [0.25, 0.3) is 0 Å². The first-order valence-corrected chi connectivity index (χ1v) is 3.07. The Bertz CT molecular complexity index is 238. The minimum absolute atomic E-state index is 0.376. The molecule has 0 nitrogen and oxygen atoms in total. The van der Waals surface area contributed by atoms with Gasteiger partial charge < -0.3 is 0 Å². The third-order valence-corrected chi connectivity index (χ3v) is 1.30. The van der Waals surface area contributed by atoms with Crippen LogP contribution in [0.3, 0.4) is 0 Å². The summed E-state index contributed by atoms with van der Waals surface area (Å²) in [4.78, 5) is 0. The van der Waals surface area contributed by atoms with Gasteiger partial charge in [0.1, 0.15) is 0 Å². The minimum atomic E-state index is -1.89. The van der Waals surface area contributed by atoms with Crippen LogP contribution < -0.4 is 0 Å². The molecule has 0 fully saturated rings. The first-order chi connectivity index (χ1) is 5.52. The second-order valence-corrected chi connectivity index (χ2v) is 2.13. The van der Waals surface area contributed by atoms with Crippen LogP contribution in [0.2, 0.25) is 0 Å². The molecule has 0 heterocycles. The third-order valence-electron chi connectivity index (χ3n) is 1.30. The predicted molar refractivity (Wildman–Crippen MR) is 40.5 cm³/mol. The molecule has 9 heavy (non-hydrogen) atoms. The molecule has 0 amide bonds. The summed E-state index contributed by atoms with van der Waals surface area (Å²) in [7, 11) is 0. The van der Waals surface area contributed by atoms with Crippen molar-refractivity contribution in [2.75, 3.05) is 0 Å². The highest BCUT2D eigenvalue weighted by Gasteiger charge is 1.93. The summed E-state index contributed by atoms with van der Waals surface area (Å²) in [5.41, 5.74) is 0.873. The molecular formula is C9H12. The molecule has 1 atom stereocenters. The monoisotopic (exact) mass is 123 g/mol. The van der Waals surface area contributed by atoms with E-state index in [9.17, 15) is 0 Å². The van der Waals surface area contributed by atoms with Crippen LogP contribution in [0, 0.1) is 0 Å². The molecule has 1 rings (SSSR count). The summed E-state index contributed by atoms with van der Waals surface area (Å²) < 4.78 is 21.6. The molecule has 1 aromatic carbocycles.